The topological polar surface area (TPSA) is 50.4 Å². The number of nitrogens with zero attached hydrogens (tertiary/aromatic N) is 1. The lowest BCUT2D eigenvalue weighted by Gasteiger charge is -2.07. The molecule has 1 fully saturated rings. The van der Waals surface area contributed by atoms with E-state index in [4.69, 9.17) is 5.73 Å². The van der Waals surface area contributed by atoms with Gasteiger partial charge in [-0.15, -0.1) is 0 Å². The first kappa shape index (κ1) is 13.7. The molecular formula is C18H21N3. The fourth-order valence-corrected chi connectivity index (χ4v) is 2.74. The van der Waals surface area contributed by atoms with Crippen LogP contribution in [0.25, 0.3) is 0 Å². The van der Waals surface area contributed by atoms with E-state index in [1.54, 1.807) is 0 Å². The van der Waals surface area contributed by atoms with Crippen LogP contribution in [-0.4, -0.2) is 12.0 Å². The summed E-state index contributed by atoms with van der Waals surface area (Å²) in [5.41, 5.74) is 10.9. The minimum Gasteiger partial charge on any atom is -0.370 e. The molecule has 2 atom stereocenters. The molecule has 0 bridgehead atoms. The Bertz CT molecular complexity index is 676. The quantitative estimate of drug-likeness (QED) is 0.666. The van der Waals surface area contributed by atoms with E-state index in [1.807, 2.05) is 12.1 Å². The average molecular weight is 279 g/mol. The summed E-state index contributed by atoms with van der Waals surface area (Å²) in [5, 5.41) is 3.17. The molecule has 0 aromatic heterocycles. The second kappa shape index (κ2) is 5.60. The largest absolute Gasteiger partial charge is 0.370 e. The van der Waals surface area contributed by atoms with E-state index in [1.165, 1.54) is 16.7 Å². The summed E-state index contributed by atoms with van der Waals surface area (Å²) in [6.45, 7) is 4.22. The molecule has 1 aliphatic carbocycles. The number of anilines is 1. The smallest absolute Gasteiger partial charge is 0.193 e. The Kier molecular flexibility index (Phi) is 3.65. The number of nitrogens with two attached hydrogens (primary N) is 1. The summed E-state index contributed by atoms with van der Waals surface area (Å²) < 4.78 is 0. The lowest BCUT2D eigenvalue weighted by Crippen LogP contribution is -2.23. The van der Waals surface area contributed by atoms with Gasteiger partial charge in [0.1, 0.15) is 0 Å². The number of aliphatic imine (C=N–C) groups is 1. The molecule has 2 unspecified atom stereocenters. The maximum absolute atomic E-state index is 6.01. The molecule has 0 amide bonds. The highest BCUT2D eigenvalue weighted by Crippen LogP contribution is 2.44. The van der Waals surface area contributed by atoms with Gasteiger partial charge in [0.15, 0.2) is 5.96 Å². The molecule has 3 heteroatoms. The van der Waals surface area contributed by atoms with Crippen LogP contribution in [0.3, 0.4) is 0 Å². The van der Waals surface area contributed by atoms with Gasteiger partial charge in [0.05, 0.1) is 6.04 Å². The van der Waals surface area contributed by atoms with Crippen molar-refractivity contribution in [2.24, 2.45) is 10.7 Å². The van der Waals surface area contributed by atoms with E-state index in [9.17, 15) is 0 Å². The van der Waals surface area contributed by atoms with Gasteiger partial charge in [0.2, 0.25) is 0 Å². The third kappa shape index (κ3) is 3.24. The molecule has 2 aromatic carbocycles. The van der Waals surface area contributed by atoms with Gasteiger partial charge in [0, 0.05) is 11.6 Å². The monoisotopic (exact) mass is 279 g/mol. The SMILES string of the molecule is Cc1cccc(NC(N)=NC2CC2c2ccccc2C)c1. The molecule has 3 N–H and O–H groups in total. The van der Waals surface area contributed by atoms with E-state index in [0.717, 1.165) is 12.1 Å². The van der Waals surface area contributed by atoms with Crippen LogP contribution < -0.4 is 11.1 Å². The van der Waals surface area contributed by atoms with Crippen LogP contribution in [0, 0.1) is 13.8 Å². The van der Waals surface area contributed by atoms with Crippen molar-refractivity contribution in [3.05, 3.63) is 65.2 Å². The van der Waals surface area contributed by atoms with Crippen molar-refractivity contribution in [3.8, 4) is 0 Å². The van der Waals surface area contributed by atoms with Crippen LogP contribution in [0.5, 0.6) is 0 Å². The van der Waals surface area contributed by atoms with Crippen molar-refractivity contribution < 1.29 is 0 Å². The zero-order valence-corrected chi connectivity index (χ0v) is 12.5. The Morgan fingerprint density at radius 1 is 1.14 bits per heavy atom. The van der Waals surface area contributed by atoms with Gasteiger partial charge in [-0.3, -0.25) is 0 Å². The van der Waals surface area contributed by atoms with Crippen molar-refractivity contribution in [1.82, 2.24) is 0 Å². The molecule has 0 saturated heterocycles. The zero-order chi connectivity index (χ0) is 14.8. The van der Waals surface area contributed by atoms with Gasteiger partial charge in [-0.25, -0.2) is 4.99 Å². The summed E-state index contributed by atoms with van der Waals surface area (Å²) >= 11 is 0. The van der Waals surface area contributed by atoms with Crippen molar-refractivity contribution in [3.63, 3.8) is 0 Å². The van der Waals surface area contributed by atoms with Gasteiger partial charge in [-0.1, -0.05) is 36.4 Å². The highest BCUT2D eigenvalue weighted by Gasteiger charge is 2.39. The van der Waals surface area contributed by atoms with Crippen molar-refractivity contribution in [1.29, 1.82) is 0 Å². The summed E-state index contributed by atoms with van der Waals surface area (Å²) in [4.78, 5) is 4.60. The predicted octanol–water partition coefficient (Wildman–Crippen LogP) is 3.59. The third-order valence-electron chi connectivity index (χ3n) is 3.94. The normalized spacial score (nSPS) is 21.1. The zero-order valence-electron chi connectivity index (χ0n) is 12.5. The molecule has 0 aliphatic heterocycles. The van der Waals surface area contributed by atoms with Crippen molar-refractivity contribution in [2.45, 2.75) is 32.2 Å². The van der Waals surface area contributed by atoms with E-state index < -0.39 is 0 Å². The van der Waals surface area contributed by atoms with E-state index in [-0.39, 0.29) is 0 Å². The number of benzene rings is 2. The van der Waals surface area contributed by atoms with Crippen LogP contribution in [0.15, 0.2) is 53.5 Å². The first-order valence-electron chi connectivity index (χ1n) is 7.36. The number of guanidine groups is 1. The summed E-state index contributed by atoms with van der Waals surface area (Å²) in [6.07, 6.45) is 1.08. The van der Waals surface area contributed by atoms with Crippen LogP contribution >= 0.6 is 0 Å². The molecular weight excluding hydrogens is 258 g/mol. The first-order valence-corrected chi connectivity index (χ1v) is 7.36. The molecule has 21 heavy (non-hydrogen) atoms. The van der Waals surface area contributed by atoms with Gasteiger partial charge in [-0.05, 0) is 49.1 Å². The summed E-state index contributed by atoms with van der Waals surface area (Å²) in [5.74, 6) is 1.02. The minimum atomic E-state index is 0.309. The number of hydrogen-bond donors (Lipinski definition) is 2. The number of hydrogen-bond acceptors (Lipinski definition) is 1. The number of rotatable bonds is 3. The number of nitrogens with one attached hydrogen (secondary N) is 1. The lowest BCUT2D eigenvalue weighted by atomic mass is 10.0. The highest BCUT2D eigenvalue weighted by molar-refractivity contribution is 5.92. The standard InChI is InChI=1S/C18H21N3/c1-12-6-5-8-14(10-12)20-18(19)21-17-11-16(17)15-9-4-3-7-13(15)2/h3-10,16-17H,11H2,1-2H3,(H3,19,20,21). The van der Waals surface area contributed by atoms with Crippen LogP contribution in [0.4, 0.5) is 5.69 Å². The minimum absolute atomic E-state index is 0.309. The predicted molar refractivity (Wildman–Crippen MR) is 88.7 cm³/mol. The Labute approximate surface area is 125 Å². The van der Waals surface area contributed by atoms with Crippen LogP contribution in [0.2, 0.25) is 0 Å². The second-order valence-electron chi connectivity index (χ2n) is 5.77. The molecule has 0 radical (unpaired) electrons. The van der Waals surface area contributed by atoms with Crippen molar-refractivity contribution in [2.75, 3.05) is 5.32 Å². The first-order chi connectivity index (χ1) is 10.1. The van der Waals surface area contributed by atoms with Gasteiger partial charge in [0.25, 0.3) is 0 Å². The highest BCUT2D eigenvalue weighted by atomic mass is 15.1. The maximum Gasteiger partial charge on any atom is 0.193 e. The van der Waals surface area contributed by atoms with Gasteiger partial charge in [-0.2, -0.15) is 0 Å². The van der Waals surface area contributed by atoms with E-state index in [2.05, 4.69) is 60.6 Å². The molecule has 3 nitrogen and oxygen atoms in total. The van der Waals surface area contributed by atoms with E-state index >= 15 is 0 Å². The summed E-state index contributed by atoms with van der Waals surface area (Å²) in [6, 6.07) is 17.0. The second-order valence-corrected chi connectivity index (χ2v) is 5.77. The fraction of sp³-hybridized carbons (Fsp3) is 0.278. The molecule has 2 aromatic rings. The average Bonchev–Trinajstić information content (AvgIpc) is 3.18. The Balaban J connectivity index is 1.66. The number of aryl methyl sites for hydroxylation is 2. The van der Waals surface area contributed by atoms with Crippen molar-refractivity contribution >= 4 is 11.6 Å². The molecule has 0 heterocycles. The van der Waals surface area contributed by atoms with Crippen LogP contribution in [0.1, 0.15) is 29.0 Å². The molecule has 0 spiro atoms. The summed E-state index contributed by atoms with van der Waals surface area (Å²) in [7, 11) is 0. The van der Waals surface area contributed by atoms with Crippen LogP contribution in [-0.2, 0) is 0 Å². The molecule has 108 valence electrons. The Hall–Kier alpha value is -2.29. The molecule has 1 aliphatic rings. The van der Waals surface area contributed by atoms with Gasteiger partial charge < -0.3 is 11.1 Å². The third-order valence-corrected chi connectivity index (χ3v) is 3.94. The lowest BCUT2D eigenvalue weighted by molar-refractivity contribution is 0.975. The Morgan fingerprint density at radius 2 is 1.95 bits per heavy atom. The van der Waals surface area contributed by atoms with E-state index in [0.29, 0.717) is 17.9 Å². The molecule has 1 saturated carbocycles. The molecule has 3 rings (SSSR count). The Morgan fingerprint density at radius 3 is 2.71 bits per heavy atom. The van der Waals surface area contributed by atoms with Gasteiger partial charge >= 0.3 is 0 Å². The maximum atomic E-state index is 6.01. The fourth-order valence-electron chi connectivity index (χ4n) is 2.74.